The molecule has 154 valence electrons. The van der Waals surface area contributed by atoms with Gasteiger partial charge in [-0.1, -0.05) is 13.8 Å². The fraction of sp³-hybridized carbons (Fsp3) is 0.727. The predicted octanol–water partition coefficient (Wildman–Crippen LogP) is 2.50. The lowest BCUT2D eigenvalue weighted by molar-refractivity contribution is 0.0302. The maximum absolute atomic E-state index is 12.6. The lowest BCUT2D eigenvalue weighted by Gasteiger charge is -2.35. The van der Waals surface area contributed by atoms with Crippen molar-refractivity contribution >= 4 is 11.7 Å². The second kappa shape index (κ2) is 8.78. The van der Waals surface area contributed by atoms with Crippen LogP contribution in [0.3, 0.4) is 0 Å². The second-order valence-corrected chi connectivity index (χ2v) is 8.86. The Labute approximate surface area is 168 Å². The summed E-state index contributed by atoms with van der Waals surface area (Å²) in [5, 5.41) is 0. The number of pyridine rings is 1. The predicted molar refractivity (Wildman–Crippen MR) is 111 cm³/mol. The average molecular weight is 387 g/mol. The number of nitrogens with zero attached hydrogens (tertiary/aromatic N) is 4. The summed E-state index contributed by atoms with van der Waals surface area (Å²) in [4.78, 5) is 24.3. The number of anilines is 1. The molecule has 4 rings (SSSR count). The van der Waals surface area contributed by atoms with Gasteiger partial charge in [0.2, 0.25) is 0 Å². The van der Waals surface area contributed by atoms with Gasteiger partial charge in [0.15, 0.2) is 0 Å². The molecule has 1 atom stereocenters. The van der Waals surface area contributed by atoms with Gasteiger partial charge < -0.3 is 14.5 Å². The Morgan fingerprint density at radius 3 is 2.61 bits per heavy atom. The van der Waals surface area contributed by atoms with E-state index >= 15 is 0 Å². The first kappa shape index (κ1) is 19.6. The Hall–Kier alpha value is -1.66. The number of aromatic nitrogens is 1. The zero-order valence-corrected chi connectivity index (χ0v) is 17.3. The van der Waals surface area contributed by atoms with E-state index in [1.165, 1.54) is 32.4 Å². The lowest BCUT2D eigenvalue weighted by Crippen LogP contribution is -2.45. The number of morpholine rings is 1. The number of hydrogen-bond donors (Lipinski definition) is 0. The van der Waals surface area contributed by atoms with Crippen LogP contribution >= 0.6 is 0 Å². The smallest absolute Gasteiger partial charge is 0.255 e. The minimum absolute atomic E-state index is 0.0638. The summed E-state index contributed by atoms with van der Waals surface area (Å²) < 4.78 is 5.34. The molecule has 0 N–H and O–H groups in total. The Morgan fingerprint density at radius 1 is 1.18 bits per heavy atom. The standard InChI is InChI=1S/C22H34N4O2/c1-17(2)20-16-26(9-3-8-25(20)15-18-4-5-18)21-7-6-19(14-23-21)22(27)24-10-12-28-13-11-24/h6-7,14,17-18,20H,3-5,8-13,15-16H2,1-2H3/t20-/m1/s1. The van der Waals surface area contributed by atoms with Gasteiger partial charge in [-0.2, -0.15) is 0 Å². The van der Waals surface area contributed by atoms with Gasteiger partial charge >= 0.3 is 0 Å². The summed E-state index contributed by atoms with van der Waals surface area (Å²) in [6.07, 6.45) is 5.74. The summed E-state index contributed by atoms with van der Waals surface area (Å²) in [5.74, 6) is 2.62. The van der Waals surface area contributed by atoms with Crippen molar-refractivity contribution in [2.75, 3.05) is 57.4 Å². The minimum Gasteiger partial charge on any atom is -0.378 e. The van der Waals surface area contributed by atoms with E-state index in [4.69, 9.17) is 4.74 Å². The van der Waals surface area contributed by atoms with Crippen LogP contribution in [-0.2, 0) is 4.74 Å². The van der Waals surface area contributed by atoms with E-state index < -0.39 is 0 Å². The maximum Gasteiger partial charge on any atom is 0.255 e. The Bertz CT molecular complexity index is 653. The van der Waals surface area contributed by atoms with E-state index in [1.807, 2.05) is 17.0 Å². The van der Waals surface area contributed by atoms with Gasteiger partial charge in [-0.15, -0.1) is 0 Å². The van der Waals surface area contributed by atoms with Gasteiger partial charge in [-0.3, -0.25) is 9.69 Å². The summed E-state index contributed by atoms with van der Waals surface area (Å²) in [6.45, 7) is 11.8. The van der Waals surface area contributed by atoms with Crippen LogP contribution < -0.4 is 4.90 Å². The van der Waals surface area contributed by atoms with Crippen molar-refractivity contribution in [1.82, 2.24) is 14.8 Å². The number of hydrogen-bond acceptors (Lipinski definition) is 5. The molecular formula is C22H34N4O2. The first-order valence-electron chi connectivity index (χ1n) is 10.9. The van der Waals surface area contributed by atoms with Crippen LogP contribution in [0.1, 0.15) is 43.5 Å². The SMILES string of the molecule is CC(C)[C@H]1CN(c2ccc(C(=O)N3CCOCC3)cn2)CCCN1CC1CC1. The van der Waals surface area contributed by atoms with E-state index in [2.05, 4.69) is 28.6 Å². The van der Waals surface area contributed by atoms with Gasteiger partial charge in [0.25, 0.3) is 5.91 Å². The van der Waals surface area contributed by atoms with Crippen LogP contribution in [0.5, 0.6) is 0 Å². The molecule has 0 bridgehead atoms. The first-order chi connectivity index (χ1) is 13.6. The molecule has 2 saturated heterocycles. The van der Waals surface area contributed by atoms with Gasteiger partial charge in [0.05, 0.1) is 18.8 Å². The molecule has 3 fully saturated rings. The number of carbonyl (C=O) groups is 1. The summed E-state index contributed by atoms with van der Waals surface area (Å²) >= 11 is 0. The van der Waals surface area contributed by atoms with Gasteiger partial charge in [0, 0.05) is 51.5 Å². The number of amides is 1. The van der Waals surface area contributed by atoms with E-state index in [-0.39, 0.29) is 5.91 Å². The molecule has 0 unspecified atom stereocenters. The van der Waals surface area contributed by atoms with Crippen LogP contribution in [0.4, 0.5) is 5.82 Å². The van der Waals surface area contributed by atoms with E-state index in [1.54, 1.807) is 6.20 Å². The van der Waals surface area contributed by atoms with Crippen molar-refractivity contribution in [3.05, 3.63) is 23.9 Å². The van der Waals surface area contributed by atoms with Crippen LogP contribution in [0.2, 0.25) is 0 Å². The summed E-state index contributed by atoms with van der Waals surface area (Å²) in [7, 11) is 0. The zero-order valence-electron chi connectivity index (χ0n) is 17.3. The molecule has 3 heterocycles. The highest BCUT2D eigenvalue weighted by Crippen LogP contribution is 2.32. The zero-order chi connectivity index (χ0) is 19.5. The van der Waals surface area contributed by atoms with E-state index in [0.717, 1.165) is 24.8 Å². The van der Waals surface area contributed by atoms with Gasteiger partial charge in [-0.05, 0) is 43.2 Å². The minimum atomic E-state index is 0.0638. The van der Waals surface area contributed by atoms with Gasteiger partial charge in [-0.25, -0.2) is 4.98 Å². The molecule has 2 aliphatic heterocycles. The molecule has 1 aliphatic carbocycles. The van der Waals surface area contributed by atoms with E-state index in [0.29, 0.717) is 43.8 Å². The molecule has 1 aromatic heterocycles. The fourth-order valence-electron chi connectivity index (χ4n) is 4.41. The maximum atomic E-state index is 12.6. The van der Waals surface area contributed by atoms with Crippen molar-refractivity contribution in [2.45, 2.75) is 39.2 Å². The Balaban J connectivity index is 1.43. The molecule has 1 amide bonds. The molecule has 3 aliphatic rings. The second-order valence-electron chi connectivity index (χ2n) is 8.86. The molecule has 6 heteroatoms. The normalized spacial score (nSPS) is 24.5. The summed E-state index contributed by atoms with van der Waals surface area (Å²) in [6, 6.07) is 4.54. The van der Waals surface area contributed by atoms with Crippen molar-refractivity contribution in [3.8, 4) is 0 Å². The molecule has 1 saturated carbocycles. The van der Waals surface area contributed by atoms with Crippen molar-refractivity contribution in [3.63, 3.8) is 0 Å². The van der Waals surface area contributed by atoms with Crippen LogP contribution in [0, 0.1) is 11.8 Å². The molecule has 1 aromatic rings. The van der Waals surface area contributed by atoms with Crippen LogP contribution in [0.25, 0.3) is 0 Å². The van der Waals surface area contributed by atoms with E-state index in [9.17, 15) is 4.79 Å². The molecule has 0 aromatic carbocycles. The topological polar surface area (TPSA) is 48.9 Å². The molecule has 6 nitrogen and oxygen atoms in total. The number of carbonyl (C=O) groups excluding carboxylic acids is 1. The fourth-order valence-corrected chi connectivity index (χ4v) is 4.41. The van der Waals surface area contributed by atoms with Crippen LogP contribution in [-0.4, -0.2) is 79.2 Å². The molecule has 0 radical (unpaired) electrons. The third-order valence-electron chi connectivity index (χ3n) is 6.33. The highest BCUT2D eigenvalue weighted by molar-refractivity contribution is 5.94. The quantitative estimate of drug-likeness (QED) is 0.778. The number of ether oxygens (including phenoxy) is 1. The number of rotatable bonds is 5. The van der Waals surface area contributed by atoms with Crippen molar-refractivity contribution < 1.29 is 9.53 Å². The monoisotopic (exact) mass is 386 g/mol. The first-order valence-corrected chi connectivity index (χ1v) is 10.9. The summed E-state index contributed by atoms with van der Waals surface area (Å²) in [5.41, 5.74) is 0.677. The molecule has 0 spiro atoms. The Kier molecular flexibility index (Phi) is 6.16. The third-order valence-corrected chi connectivity index (χ3v) is 6.33. The van der Waals surface area contributed by atoms with Crippen LogP contribution in [0.15, 0.2) is 18.3 Å². The molecular weight excluding hydrogens is 352 g/mol. The van der Waals surface area contributed by atoms with Crippen molar-refractivity contribution in [1.29, 1.82) is 0 Å². The van der Waals surface area contributed by atoms with Gasteiger partial charge in [0.1, 0.15) is 5.82 Å². The largest absolute Gasteiger partial charge is 0.378 e. The van der Waals surface area contributed by atoms with Crippen molar-refractivity contribution in [2.24, 2.45) is 11.8 Å². The Morgan fingerprint density at radius 2 is 1.96 bits per heavy atom. The lowest BCUT2D eigenvalue weighted by atomic mass is 10.0. The highest BCUT2D eigenvalue weighted by atomic mass is 16.5. The highest BCUT2D eigenvalue weighted by Gasteiger charge is 2.32. The third kappa shape index (κ3) is 4.66. The molecule has 28 heavy (non-hydrogen) atoms. The average Bonchev–Trinajstić information content (AvgIpc) is 3.55.